The van der Waals surface area contributed by atoms with Crippen LogP contribution in [0.15, 0.2) is 21.6 Å². The van der Waals surface area contributed by atoms with Crippen LogP contribution in [0.25, 0.3) is 0 Å². The van der Waals surface area contributed by atoms with Gasteiger partial charge in [0.1, 0.15) is 6.04 Å². The summed E-state index contributed by atoms with van der Waals surface area (Å²) in [4.78, 5) is 23.3. The van der Waals surface area contributed by atoms with Gasteiger partial charge in [-0.25, -0.2) is 13.2 Å². The lowest BCUT2D eigenvalue weighted by Crippen LogP contribution is -2.46. The molecule has 0 spiro atoms. The van der Waals surface area contributed by atoms with Crippen LogP contribution in [0.5, 0.6) is 0 Å². The number of amides is 1. The predicted molar refractivity (Wildman–Crippen MR) is 89.7 cm³/mol. The Morgan fingerprint density at radius 1 is 1.36 bits per heavy atom. The first-order valence-electron chi connectivity index (χ1n) is 8.43. The molecule has 2 N–H and O–H groups in total. The minimum Gasteiger partial charge on any atom is -0.475 e. The van der Waals surface area contributed by atoms with E-state index in [1.807, 2.05) is 13.8 Å². The summed E-state index contributed by atoms with van der Waals surface area (Å²) in [5, 5.41) is 11.3. The number of carbonyl (C=O) groups excluding carboxylic acids is 1. The van der Waals surface area contributed by atoms with Gasteiger partial charge < -0.3 is 14.8 Å². The molecule has 1 unspecified atom stereocenters. The van der Waals surface area contributed by atoms with Crippen LogP contribution in [0, 0.1) is 5.92 Å². The molecule has 8 nitrogen and oxygen atoms in total. The Bertz CT molecular complexity index is 723. The van der Waals surface area contributed by atoms with E-state index in [2.05, 4.69) is 5.32 Å². The van der Waals surface area contributed by atoms with Crippen LogP contribution in [-0.4, -0.2) is 48.8 Å². The minimum atomic E-state index is -4.05. The summed E-state index contributed by atoms with van der Waals surface area (Å²) in [5.74, 6) is -1.76. The van der Waals surface area contributed by atoms with Crippen LogP contribution >= 0.6 is 0 Å². The summed E-state index contributed by atoms with van der Waals surface area (Å²) in [6.45, 7) is 4.81. The molecule has 1 aromatic heterocycles. The first-order chi connectivity index (χ1) is 11.8. The average molecular weight is 372 g/mol. The maximum absolute atomic E-state index is 12.7. The number of carboxylic acid groups (broad SMARTS) is 1. The number of rotatable bonds is 8. The zero-order valence-electron chi connectivity index (χ0n) is 14.4. The molecule has 25 heavy (non-hydrogen) atoms. The fraction of sp³-hybridized carbons (Fsp3) is 0.625. The molecular formula is C16H24N2O6S. The molecule has 1 amide bonds. The van der Waals surface area contributed by atoms with Gasteiger partial charge in [-0.05, 0) is 30.9 Å². The van der Waals surface area contributed by atoms with Gasteiger partial charge in [0, 0.05) is 13.1 Å². The van der Waals surface area contributed by atoms with Crippen molar-refractivity contribution in [2.24, 2.45) is 5.92 Å². The Balaban J connectivity index is 2.13. The normalized spacial score (nSPS) is 18.6. The molecule has 1 aliphatic rings. The predicted octanol–water partition coefficient (Wildman–Crippen LogP) is 1.68. The van der Waals surface area contributed by atoms with Crippen molar-refractivity contribution in [2.45, 2.75) is 50.7 Å². The minimum absolute atomic E-state index is 0.203. The van der Waals surface area contributed by atoms with E-state index >= 15 is 0 Å². The van der Waals surface area contributed by atoms with E-state index in [1.54, 1.807) is 0 Å². The number of hydrogen-bond donors (Lipinski definition) is 2. The summed E-state index contributed by atoms with van der Waals surface area (Å²) >= 11 is 0. The largest absolute Gasteiger partial charge is 0.475 e. The van der Waals surface area contributed by atoms with Crippen LogP contribution in [0.2, 0.25) is 0 Å². The lowest BCUT2D eigenvalue weighted by molar-refractivity contribution is -0.124. The molecule has 0 bridgehead atoms. The molecule has 2 rings (SSSR count). The topological polar surface area (TPSA) is 117 Å². The van der Waals surface area contributed by atoms with Crippen LogP contribution < -0.4 is 5.32 Å². The van der Waals surface area contributed by atoms with Gasteiger partial charge in [0.25, 0.3) is 10.0 Å². The first-order valence-corrected chi connectivity index (χ1v) is 9.87. The van der Waals surface area contributed by atoms with E-state index in [-0.39, 0.29) is 12.5 Å². The van der Waals surface area contributed by atoms with E-state index in [0.29, 0.717) is 25.3 Å². The second-order valence-corrected chi connectivity index (χ2v) is 7.95. The summed E-state index contributed by atoms with van der Waals surface area (Å²) in [6, 6.07) is 1.40. The number of nitrogens with one attached hydrogen (secondary N) is 1. The second-order valence-electron chi connectivity index (χ2n) is 6.13. The van der Waals surface area contributed by atoms with E-state index in [9.17, 15) is 18.0 Å². The molecule has 0 aliphatic carbocycles. The van der Waals surface area contributed by atoms with Gasteiger partial charge in [0.2, 0.25) is 16.8 Å². The van der Waals surface area contributed by atoms with E-state index in [0.717, 1.165) is 29.3 Å². The monoisotopic (exact) mass is 372 g/mol. The lowest BCUT2D eigenvalue weighted by Gasteiger charge is -2.23. The molecule has 1 aliphatic heterocycles. The van der Waals surface area contributed by atoms with Gasteiger partial charge in [0.15, 0.2) is 0 Å². The van der Waals surface area contributed by atoms with Crippen LogP contribution in [-0.2, 0) is 14.8 Å². The molecule has 0 saturated carbocycles. The molecule has 1 aromatic rings. The van der Waals surface area contributed by atoms with Crippen LogP contribution in [0.1, 0.15) is 50.1 Å². The first kappa shape index (κ1) is 19.5. The summed E-state index contributed by atoms with van der Waals surface area (Å²) < 4.78 is 31.4. The number of hydrogen-bond acceptors (Lipinski definition) is 5. The lowest BCUT2D eigenvalue weighted by atomic mass is 10.0. The Morgan fingerprint density at radius 3 is 2.60 bits per heavy atom. The molecule has 1 saturated heterocycles. The van der Waals surface area contributed by atoms with Gasteiger partial charge in [-0.3, -0.25) is 4.79 Å². The van der Waals surface area contributed by atoms with Crippen molar-refractivity contribution in [2.75, 3.05) is 13.1 Å². The molecule has 0 radical (unpaired) electrons. The van der Waals surface area contributed by atoms with Crippen molar-refractivity contribution in [3.05, 3.63) is 17.9 Å². The average Bonchev–Trinajstić information content (AvgIpc) is 3.25. The van der Waals surface area contributed by atoms with Gasteiger partial charge in [-0.15, -0.1) is 0 Å². The molecule has 140 valence electrons. The van der Waals surface area contributed by atoms with E-state index < -0.39 is 32.9 Å². The van der Waals surface area contributed by atoms with Gasteiger partial charge in [-0.2, -0.15) is 4.31 Å². The van der Waals surface area contributed by atoms with Crippen LogP contribution in [0.3, 0.4) is 0 Å². The Morgan fingerprint density at radius 2 is 2.04 bits per heavy atom. The molecule has 0 aromatic carbocycles. The molecular weight excluding hydrogens is 348 g/mol. The number of sulfonamides is 1. The quantitative estimate of drug-likeness (QED) is 0.717. The summed E-state index contributed by atoms with van der Waals surface area (Å²) in [5.41, 5.74) is 0. The highest BCUT2D eigenvalue weighted by Gasteiger charge is 2.41. The summed E-state index contributed by atoms with van der Waals surface area (Å²) in [6.07, 6.45) is 2.87. The number of carboxylic acids is 1. The standard InChI is InChI=1S/C16H24N2O6S/c1-3-11(4-2)10-17-15(19)12-6-5-9-18(12)25(22,23)14-8-7-13(24-14)16(20)21/h7-8,11-12H,3-6,9-10H2,1-2H3,(H,17,19)(H,20,21). The third kappa shape index (κ3) is 4.21. The zero-order valence-corrected chi connectivity index (χ0v) is 15.2. The zero-order chi connectivity index (χ0) is 18.6. The molecule has 1 atom stereocenters. The third-order valence-corrected chi connectivity index (χ3v) is 6.36. The van der Waals surface area contributed by atoms with Crippen molar-refractivity contribution in [1.82, 2.24) is 9.62 Å². The number of carbonyl (C=O) groups is 2. The molecule has 1 fully saturated rings. The van der Waals surface area contributed by atoms with Crippen molar-refractivity contribution in [3.8, 4) is 0 Å². The highest BCUT2D eigenvalue weighted by molar-refractivity contribution is 7.89. The smallest absolute Gasteiger partial charge is 0.371 e. The van der Waals surface area contributed by atoms with Gasteiger partial charge in [0.05, 0.1) is 0 Å². The summed E-state index contributed by atoms with van der Waals surface area (Å²) in [7, 11) is -4.05. The van der Waals surface area contributed by atoms with Gasteiger partial charge in [-0.1, -0.05) is 26.7 Å². The van der Waals surface area contributed by atoms with Crippen molar-refractivity contribution in [1.29, 1.82) is 0 Å². The number of nitrogens with zero attached hydrogens (tertiary/aromatic N) is 1. The van der Waals surface area contributed by atoms with E-state index in [1.165, 1.54) is 0 Å². The maximum atomic E-state index is 12.7. The fourth-order valence-corrected chi connectivity index (χ4v) is 4.49. The highest BCUT2D eigenvalue weighted by Crippen LogP contribution is 2.27. The maximum Gasteiger partial charge on any atom is 0.371 e. The SMILES string of the molecule is CCC(CC)CNC(=O)C1CCCN1S(=O)(=O)c1ccc(C(=O)O)o1. The third-order valence-electron chi connectivity index (χ3n) is 4.58. The van der Waals surface area contributed by atoms with Crippen molar-refractivity contribution >= 4 is 21.9 Å². The Hall–Kier alpha value is -1.87. The molecule has 9 heteroatoms. The number of aromatic carboxylic acids is 1. The van der Waals surface area contributed by atoms with Crippen molar-refractivity contribution in [3.63, 3.8) is 0 Å². The fourth-order valence-electron chi connectivity index (χ4n) is 2.92. The molecule has 2 heterocycles. The van der Waals surface area contributed by atoms with Gasteiger partial charge >= 0.3 is 5.97 Å². The van der Waals surface area contributed by atoms with E-state index in [4.69, 9.17) is 9.52 Å². The highest BCUT2D eigenvalue weighted by atomic mass is 32.2. The Labute approximate surface area is 147 Å². The van der Waals surface area contributed by atoms with Crippen LogP contribution in [0.4, 0.5) is 0 Å². The number of furan rings is 1. The van der Waals surface area contributed by atoms with Crippen molar-refractivity contribution < 1.29 is 27.5 Å². The Kier molecular flexibility index (Phi) is 6.23. The second kappa shape index (κ2) is 8.01.